The van der Waals surface area contributed by atoms with E-state index in [4.69, 9.17) is 4.74 Å². The van der Waals surface area contributed by atoms with Crippen LogP contribution in [0.3, 0.4) is 0 Å². The third kappa shape index (κ3) is 4.64. The zero-order valence-electron chi connectivity index (χ0n) is 9.22. The van der Waals surface area contributed by atoms with Gasteiger partial charge < -0.3 is 10.1 Å². The zero-order valence-corrected chi connectivity index (χ0v) is 9.22. The van der Waals surface area contributed by atoms with E-state index in [2.05, 4.69) is 16.2 Å². The Morgan fingerprint density at radius 2 is 2.27 bits per heavy atom. The van der Waals surface area contributed by atoms with E-state index in [-0.39, 0.29) is 11.9 Å². The molecule has 1 heterocycles. The van der Waals surface area contributed by atoms with Gasteiger partial charge in [0.25, 0.3) is 0 Å². The van der Waals surface area contributed by atoms with Crippen molar-refractivity contribution >= 4 is 12.0 Å². The standard InChI is InChI=1S/C9H17N3O3/c1-9(2,3)15-8(14)10-5-6-4-7(13)12-11-6/h6,11H,4-5H2,1-3H3,(H,10,14)(H,12,13). The fourth-order valence-corrected chi connectivity index (χ4v) is 1.15. The molecule has 86 valence electrons. The highest BCUT2D eigenvalue weighted by atomic mass is 16.6. The number of nitrogens with one attached hydrogen (secondary N) is 3. The second-order valence-corrected chi connectivity index (χ2v) is 4.48. The van der Waals surface area contributed by atoms with Crippen molar-refractivity contribution in [3.8, 4) is 0 Å². The van der Waals surface area contributed by atoms with E-state index >= 15 is 0 Å². The molecule has 1 aliphatic rings. The lowest BCUT2D eigenvalue weighted by molar-refractivity contribution is -0.119. The number of carbonyl (C=O) groups excluding carboxylic acids is 2. The lowest BCUT2D eigenvalue weighted by atomic mass is 10.2. The molecule has 2 amide bonds. The lowest BCUT2D eigenvalue weighted by Crippen LogP contribution is -2.42. The first kappa shape index (κ1) is 11.8. The van der Waals surface area contributed by atoms with Crippen molar-refractivity contribution in [2.75, 3.05) is 6.54 Å². The Labute approximate surface area is 88.7 Å². The van der Waals surface area contributed by atoms with Crippen molar-refractivity contribution in [1.82, 2.24) is 16.2 Å². The van der Waals surface area contributed by atoms with Crippen LogP contribution < -0.4 is 16.2 Å². The highest BCUT2D eigenvalue weighted by molar-refractivity contribution is 5.78. The van der Waals surface area contributed by atoms with Crippen molar-refractivity contribution in [3.63, 3.8) is 0 Å². The quantitative estimate of drug-likeness (QED) is 0.601. The Morgan fingerprint density at radius 1 is 1.60 bits per heavy atom. The molecule has 0 aliphatic carbocycles. The highest BCUT2D eigenvalue weighted by Gasteiger charge is 2.22. The predicted molar refractivity (Wildman–Crippen MR) is 53.9 cm³/mol. The molecular weight excluding hydrogens is 198 g/mol. The molecule has 3 N–H and O–H groups in total. The monoisotopic (exact) mass is 215 g/mol. The molecule has 1 saturated heterocycles. The third-order valence-corrected chi connectivity index (χ3v) is 1.74. The molecular formula is C9H17N3O3. The molecule has 1 rings (SSSR count). The van der Waals surface area contributed by atoms with E-state index in [1.54, 1.807) is 20.8 Å². The Morgan fingerprint density at radius 3 is 2.73 bits per heavy atom. The van der Waals surface area contributed by atoms with Crippen LogP contribution in [0.4, 0.5) is 4.79 Å². The Kier molecular flexibility index (Phi) is 3.52. The second-order valence-electron chi connectivity index (χ2n) is 4.48. The summed E-state index contributed by atoms with van der Waals surface area (Å²) in [6, 6.07) is -0.0648. The van der Waals surface area contributed by atoms with Gasteiger partial charge in [0.05, 0.1) is 6.04 Å². The number of rotatable bonds is 2. The minimum absolute atomic E-state index is 0.0639. The third-order valence-electron chi connectivity index (χ3n) is 1.74. The molecule has 1 aliphatic heterocycles. The summed E-state index contributed by atoms with van der Waals surface area (Å²) in [7, 11) is 0. The molecule has 0 aromatic rings. The molecule has 0 spiro atoms. The van der Waals surface area contributed by atoms with Gasteiger partial charge in [0, 0.05) is 13.0 Å². The number of alkyl carbamates (subject to hydrolysis) is 1. The van der Waals surface area contributed by atoms with Crippen LogP contribution in [0.25, 0.3) is 0 Å². The van der Waals surface area contributed by atoms with E-state index in [1.165, 1.54) is 0 Å². The van der Waals surface area contributed by atoms with Crippen LogP contribution in [0.2, 0.25) is 0 Å². The second kappa shape index (κ2) is 4.48. The number of carbonyl (C=O) groups is 2. The Balaban J connectivity index is 2.20. The van der Waals surface area contributed by atoms with Gasteiger partial charge >= 0.3 is 6.09 Å². The molecule has 0 aromatic heterocycles. The zero-order chi connectivity index (χ0) is 11.5. The Bertz CT molecular complexity index is 260. The molecule has 6 heteroatoms. The van der Waals surface area contributed by atoms with Gasteiger partial charge in [-0.25, -0.2) is 10.2 Å². The smallest absolute Gasteiger partial charge is 0.407 e. The van der Waals surface area contributed by atoms with Crippen LogP contribution in [0.15, 0.2) is 0 Å². The topological polar surface area (TPSA) is 79.5 Å². The average Bonchev–Trinajstić information content (AvgIpc) is 2.45. The van der Waals surface area contributed by atoms with Crippen molar-refractivity contribution < 1.29 is 14.3 Å². The summed E-state index contributed by atoms with van der Waals surface area (Å²) < 4.78 is 5.04. The number of ether oxygens (including phenoxy) is 1. The summed E-state index contributed by atoms with van der Waals surface area (Å²) >= 11 is 0. The van der Waals surface area contributed by atoms with Gasteiger partial charge in [-0.3, -0.25) is 10.2 Å². The van der Waals surface area contributed by atoms with Gasteiger partial charge in [-0.15, -0.1) is 0 Å². The van der Waals surface area contributed by atoms with Crippen molar-refractivity contribution in [1.29, 1.82) is 0 Å². The van der Waals surface area contributed by atoms with Crippen LogP contribution in [-0.2, 0) is 9.53 Å². The summed E-state index contributed by atoms with van der Waals surface area (Å²) in [6.07, 6.45) is -0.0980. The van der Waals surface area contributed by atoms with Crippen LogP contribution >= 0.6 is 0 Å². The molecule has 0 saturated carbocycles. The minimum Gasteiger partial charge on any atom is -0.444 e. The van der Waals surface area contributed by atoms with E-state index in [0.717, 1.165) is 0 Å². The van der Waals surface area contributed by atoms with Crippen LogP contribution in [0.5, 0.6) is 0 Å². The van der Waals surface area contributed by atoms with Crippen LogP contribution in [-0.4, -0.2) is 30.2 Å². The maximum absolute atomic E-state index is 11.2. The maximum atomic E-state index is 11.2. The van der Waals surface area contributed by atoms with Crippen LogP contribution in [0, 0.1) is 0 Å². The van der Waals surface area contributed by atoms with Gasteiger partial charge in [0.2, 0.25) is 5.91 Å². The van der Waals surface area contributed by atoms with Gasteiger partial charge in [-0.2, -0.15) is 0 Å². The van der Waals surface area contributed by atoms with Crippen molar-refractivity contribution in [3.05, 3.63) is 0 Å². The highest BCUT2D eigenvalue weighted by Crippen LogP contribution is 2.06. The molecule has 0 bridgehead atoms. The van der Waals surface area contributed by atoms with E-state index in [0.29, 0.717) is 13.0 Å². The molecule has 1 fully saturated rings. The first-order valence-electron chi connectivity index (χ1n) is 4.88. The molecule has 1 unspecified atom stereocenters. The summed E-state index contributed by atoms with van der Waals surface area (Å²) in [5, 5.41) is 2.59. The van der Waals surface area contributed by atoms with Gasteiger partial charge in [0.1, 0.15) is 5.60 Å². The molecule has 1 atom stereocenters. The molecule has 6 nitrogen and oxygen atoms in total. The maximum Gasteiger partial charge on any atom is 0.407 e. The fourth-order valence-electron chi connectivity index (χ4n) is 1.15. The first-order chi connectivity index (χ1) is 6.87. The van der Waals surface area contributed by atoms with Gasteiger partial charge in [-0.05, 0) is 20.8 Å². The Hall–Kier alpha value is -1.30. The SMILES string of the molecule is CC(C)(C)OC(=O)NCC1CC(=O)NN1. The number of hydrazine groups is 1. The van der Waals surface area contributed by atoms with Gasteiger partial charge in [-0.1, -0.05) is 0 Å². The van der Waals surface area contributed by atoms with Crippen molar-refractivity contribution in [2.45, 2.75) is 38.8 Å². The molecule has 0 aromatic carbocycles. The van der Waals surface area contributed by atoms with Crippen LogP contribution in [0.1, 0.15) is 27.2 Å². The van der Waals surface area contributed by atoms with Crippen molar-refractivity contribution in [2.24, 2.45) is 0 Å². The molecule has 0 radical (unpaired) electrons. The predicted octanol–water partition coefficient (Wildman–Crippen LogP) is -0.0958. The number of amides is 2. The molecule has 15 heavy (non-hydrogen) atoms. The summed E-state index contributed by atoms with van der Waals surface area (Å²) in [5.41, 5.74) is 4.72. The summed E-state index contributed by atoms with van der Waals surface area (Å²) in [6.45, 7) is 5.76. The number of hydrogen-bond acceptors (Lipinski definition) is 4. The minimum atomic E-state index is -0.499. The van der Waals surface area contributed by atoms with E-state index in [1.807, 2.05) is 0 Å². The average molecular weight is 215 g/mol. The van der Waals surface area contributed by atoms with Gasteiger partial charge in [0.15, 0.2) is 0 Å². The summed E-state index contributed by atoms with van der Waals surface area (Å²) in [5.74, 6) is -0.0639. The van der Waals surface area contributed by atoms with E-state index < -0.39 is 11.7 Å². The number of hydrogen-bond donors (Lipinski definition) is 3. The lowest BCUT2D eigenvalue weighted by Gasteiger charge is -2.20. The summed E-state index contributed by atoms with van der Waals surface area (Å²) in [4.78, 5) is 22.0. The first-order valence-corrected chi connectivity index (χ1v) is 4.88. The largest absolute Gasteiger partial charge is 0.444 e. The van der Waals surface area contributed by atoms with E-state index in [9.17, 15) is 9.59 Å². The normalized spacial score (nSPS) is 21.0. The fraction of sp³-hybridized carbons (Fsp3) is 0.778.